The fourth-order valence-electron chi connectivity index (χ4n) is 4.74. The van der Waals surface area contributed by atoms with Gasteiger partial charge in [0.2, 0.25) is 0 Å². The van der Waals surface area contributed by atoms with Crippen molar-refractivity contribution in [2.24, 2.45) is 0 Å². The van der Waals surface area contributed by atoms with Crippen molar-refractivity contribution < 1.29 is 19.0 Å². The Hall–Kier alpha value is -3.27. The summed E-state index contributed by atoms with van der Waals surface area (Å²) < 4.78 is 17.4. The molecule has 5 rings (SSSR count). The molecule has 2 bridgehead atoms. The predicted octanol–water partition coefficient (Wildman–Crippen LogP) is 5.29. The third-order valence-electron chi connectivity index (χ3n) is 6.07. The fraction of sp³-hybridized carbons (Fsp3) is 0.240. The lowest BCUT2D eigenvalue weighted by Crippen LogP contribution is -2.33. The van der Waals surface area contributed by atoms with Crippen LogP contribution in [0.5, 0.6) is 17.2 Å². The van der Waals surface area contributed by atoms with E-state index in [2.05, 4.69) is 6.07 Å². The average molecular weight is 386 g/mol. The molecule has 3 aromatic carbocycles. The molecule has 0 unspecified atom stereocenters. The number of benzene rings is 3. The number of fused-ring (bicyclic) bond motifs is 6. The van der Waals surface area contributed by atoms with Gasteiger partial charge >= 0.3 is 0 Å². The van der Waals surface area contributed by atoms with E-state index in [9.17, 15) is 4.79 Å². The van der Waals surface area contributed by atoms with Crippen LogP contribution >= 0.6 is 0 Å². The maximum Gasteiger partial charge on any atom is 0.170 e. The molecule has 3 atom stereocenters. The first-order chi connectivity index (χ1) is 14.2. The van der Waals surface area contributed by atoms with Crippen molar-refractivity contribution in [3.8, 4) is 17.2 Å². The zero-order valence-corrected chi connectivity index (χ0v) is 16.4. The van der Waals surface area contributed by atoms with E-state index in [1.807, 2.05) is 60.7 Å². The molecule has 2 aliphatic rings. The molecule has 0 N–H and O–H groups in total. The minimum atomic E-state index is -0.298. The van der Waals surface area contributed by atoms with Crippen molar-refractivity contribution in [2.45, 2.75) is 24.4 Å². The van der Waals surface area contributed by atoms with Crippen LogP contribution in [0.2, 0.25) is 0 Å². The Bertz CT molecular complexity index is 1070. The van der Waals surface area contributed by atoms with E-state index < -0.39 is 0 Å². The van der Waals surface area contributed by atoms with E-state index in [1.54, 1.807) is 14.2 Å². The van der Waals surface area contributed by atoms with Gasteiger partial charge in [0, 0.05) is 17.0 Å². The zero-order valence-electron chi connectivity index (χ0n) is 16.4. The number of hydrogen-bond acceptors (Lipinski definition) is 4. The van der Waals surface area contributed by atoms with Gasteiger partial charge in [0.05, 0.1) is 20.1 Å². The Kier molecular flexibility index (Phi) is 4.27. The first-order valence-corrected chi connectivity index (χ1v) is 9.82. The maximum absolute atomic E-state index is 13.7. The summed E-state index contributed by atoms with van der Waals surface area (Å²) in [4.78, 5) is 13.7. The Labute approximate surface area is 170 Å². The van der Waals surface area contributed by atoms with Crippen LogP contribution in [-0.2, 0) is 0 Å². The average Bonchev–Trinajstić information content (AvgIpc) is 2.78. The van der Waals surface area contributed by atoms with Gasteiger partial charge in [-0.05, 0) is 35.7 Å². The highest BCUT2D eigenvalue weighted by Crippen LogP contribution is 2.56. The van der Waals surface area contributed by atoms with Crippen molar-refractivity contribution in [2.75, 3.05) is 14.2 Å². The summed E-state index contributed by atoms with van der Waals surface area (Å²) in [5.41, 5.74) is 3.79. The first kappa shape index (κ1) is 17.8. The molecular weight excluding hydrogens is 364 g/mol. The summed E-state index contributed by atoms with van der Waals surface area (Å²) in [7, 11) is 3.24. The molecule has 4 heteroatoms. The molecule has 0 saturated carbocycles. The van der Waals surface area contributed by atoms with E-state index in [0.717, 1.165) is 34.4 Å². The largest absolute Gasteiger partial charge is 0.493 e. The summed E-state index contributed by atoms with van der Waals surface area (Å²) in [6.07, 6.45) is 0.660. The second-order valence-corrected chi connectivity index (χ2v) is 7.53. The van der Waals surface area contributed by atoms with Crippen LogP contribution in [0.3, 0.4) is 0 Å². The smallest absolute Gasteiger partial charge is 0.170 e. The molecule has 0 spiro atoms. The second-order valence-electron chi connectivity index (χ2n) is 7.53. The Morgan fingerprint density at radius 3 is 2.24 bits per heavy atom. The fourth-order valence-corrected chi connectivity index (χ4v) is 4.74. The van der Waals surface area contributed by atoms with Crippen molar-refractivity contribution in [1.29, 1.82) is 0 Å². The van der Waals surface area contributed by atoms with Gasteiger partial charge in [0.15, 0.2) is 17.3 Å². The van der Waals surface area contributed by atoms with Crippen LogP contribution in [0.1, 0.15) is 51.4 Å². The standard InChI is InChI=1S/C25H22O4/c1-27-22-12-17-19(14-23(22)28-2)24(25(26)15-8-4-3-5-9-15)18-13-21(17)29-20-11-7-6-10-16(18)20/h3-12,14,18,21,24H,13H2,1-2H3/t18-,21-,24-/m0/s1. The van der Waals surface area contributed by atoms with E-state index in [0.29, 0.717) is 11.5 Å². The number of hydrogen-bond donors (Lipinski definition) is 0. The third kappa shape index (κ3) is 2.79. The van der Waals surface area contributed by atoms with Crippen LogP contribution in [-0.4, -0.2) is 20.0 Å². The molecule has 1 aliphatic carbocycles. The molecule has 0 amide bonds. The van der Waals surface area contributed by atoms with E-state index in [-0.39, 0.29) is 23.7 Å². The number of methoxy groups -OCH3 is 2. The Morgan fingerprint density at radius 1 is 0.862 bits per heavy atom. The normalized spacial score (nSPS) is 21.4. The van der Waals surface area contributed by atoms with Crippen molar-refractivity contribution >= 4 is 5.78 Å². The predicted molar refractivity (Wildman–Crippen MR) is 110 cm³/mol. The number of Topliss-reactive ketones (excluding diaryl/α,β-unsaturated/α-hetero) is 1. The molecule has 0 radical (unpaired) electrons. The number of ether oxygens (including phenoxy) is 3. The van der Waals surface area contributed by atoms with E-state index >= 15 is 0 Å². The third-order valence-corrected chi connectivity index (χ3v) is 6.07. The second kappa shape index (κ2) is 6.96. The highest BCUT2D eigenvalue weighted by atomic mass is 16.5. The summed E-state index contributed by atoms with van der Waals surface area (Å²) >= 11 is 0. The number of carbonyl (C=O) groups is 1. The van der Waals surface area contributed by atoms with Crippen LogP contribution in [0, 0.1) is 0 Å². The van der Waals surface area contributed by atoms with Crippen LogP contribution in [0.25, 0.3) is 0 Å². The zero-order chi connectivity index (χ0) is 20.0. The summed E-state index contributed by atoms with van der Waals surface area (Å²) in [5.74, 6) is 2.03. The SMILES string of the molecule is COc1cc2c(cc1OC)[C@@H](C(=O)c1ccccc1)[C@H]1C[C@@H]2Oc2ccccc21. The van der Waals surface area contributed by atoms with Gasteiger partial charge in [0.25, 0.3) is 0 Å². The summed E-state index contributed by atoms with van der Waals surface area (Å²) in [6, 6.07) is 21.5. The van der Waals surface area contributed by atoms with Gasteiger partial charge in [0.1, 0.15) is 11.9 Å². The Balaban J connectivity index is 1.73. The molecule has 1 heterocycles. The molecule has 1 aliphatic heterocycles. The van der Waals surface area contributed by atoms with Crippen LogP contribution < -0.4 is 14.2 Å². The summed E-state index contributed by atoms with van der Waals surface area (Å²) in [6.45, 7) is 0. The lowest BCUT2D eigenvalue weighted by atomic mass is 9.67. The topological polar surface area (TPSA) is 44.8 Å². The van der Waals surface area contributed by atoms with Crippen molar-refractivity contribution in [3.63, 3.8) is 0 Å². The minimum Gasteiger partial charge on any atom is -0.493 e. The number of ketones is 1. The lowest BCUT2D eigenvalue weighted by molar-refractivity contribution is 0.0877. The quantitative estimate of drug-likeness (QED) is 0.572. The molecule has 146 valence electrons. The lowest BCUT2D eigenvalue weighted by Gasteiger charge is -2.42. The maximum atomic E-state index is 13.7. The van der Waals surface area contributed by atoms with Crippen LogP contribution in [0.4, 0.5) is 0 Å². The monoisotopic (exact) mass is 386 g/mol. The van der Waals surface area contributed by atoms with Crippen LogP contribution in [0.15, 0.2) is 66.7 Å². The minimum absolute atomic E-state index is 0.0586. The molecule has 29 heavy (non-hydrogen) atoms. The van der Waals surface area contributed by atoms with Gasteiger partial charge < -0.3 is 14.2 Å². The highest BCUT2D eigenvalue weighted by Gasteiger charge is 2.45. The number of rotatable bonds is 4. The van der Waals surface area contributed by atoms with Gasteiger partial charge in [-0.2, -0.15) is 0 Å². The van der Waals surface area contributed by atoms with E-state index in [4.69, 9.17) is 14.2 Å². The molecule has 3 aromatic rings. The Morgan fingerprint density at radius 2 is 1.52 bits per heavy atom. The van der Waals surface area contributed by atoms with Gasteiger partial charge in [-0.25, -0.2) is 0 Å². The molecule has 4 nitrogen and oxygen atoms in total. The van der Waals surface area contributed by atoms with E-state index in [1.165, 1.54) is 0 Å². The van der Waals surface area contributed by atoms with Gasteiger partial charge in [-0.15, -0.1) is 0 Å². The van der Waals surface area contributed by atoms with Crippen molar-refractivity contribution in [1.82, 2.24) is 0 Å². The van der Waals surface area contributed by atoms with Gasteiger partial charge in [-0.3, -0.25) is 4.79 Å². The van der Waals surface area contributed by atoms with Gasteiger partial charge in [-0.1, -0.05) is 48.5 Å². The van der Waals surface area contributed by atoms with Crippen molar-refractivity contribution in [3.05, 3.63) is 89.0 Å². The molecule has 0 aromatic heterocycles. The summed E-state index contributed by atoms with van der Waals surface area (Å²) in [5, 5.41) is 0. The molecule has 0 fully saturated rings. The molecular formula is C25H22O4. The highest BCUT2D eigenvalue weighted by molar-refractivity contribution is 6.02. The number of carbonyl (C=O) groups excluding carboxylic acids is 1. The molecule has 0 saturated heterocycles. The number of para-hydroxylation sites is 1. The first-order valence-electron chi connectivity index (χ1n) is 9.82.